The molecule has 7 nitrogen and oxygen atoms in total. The van der Waals surface area contributed by atoms with Crippen molar-refractivity contribution >= 4 is 5.95 Å². The summed E-state index contributed by atoms with van der Waals surface area (Å²) in [4.78, 5) is 29.4. The number of hydrogen-bond acceptors (Lipinski definition) is 5. The average molecular weight is 199 g/mol. The number of nitrogens with one attached hydrogen (secondary N) is 3. The lowest BCUT2D eigenvalue weighted by Gasteiger charge is -2.02. The van der Waals surface area contributed by atoms with E-state index in [1.165, 1.54) is 0 Å². The lowest BCUT2D eigenvalue weighted by molar-refractivity contribution is 0.766. The van der Waals surface area contributed by atoms with Gasteiger partial charge in [0.05, 0.1) is 0 Å². The number of unbranched alkanes of at least 4 members (excludes halogenated alkanes) is 1. The lowest BCUT2D eigenvalue weighted by Crippen LogP contribution is -2.26. The number of aromatic nitrogens is 3. The molecule has 0 aliphatic carbocycles. The van der Waals surface area contributed by atoms with Gasteiger partial charge in [-0.15, -0.1) is 0 Å². The van der Waals surface area contributed by atoms with Crippen molar-refractivity contribution in [2.45, 2.75) is 12.8 Å². The van der Waals surface area contributed by atoms with E-state index in [-0.39, 0.29) is 5.95 Å². The number of anilines is 1. The molecular weight excluding hydrogens is 186 g/mol. The molecule has 0 atom stereocenters. The number of hydrogen-bond donors (Lipinski definition) is 4. The second-order valence-corrected chi connectivity index (χ2v) is 2.77. The maximum absolute atomic E-state index is 10.8. The van der Waals surface area contributed by atoms with Gasteiger partial charge in [-0.05, 0) is 19.4 Å². The summed E-state index contributed by atoms with van der Waals surface area (Å²) in [6.07, 6.45) is 1.76. The summed E-state index contributed by atoms with van der Waals surface area (Å²) in [7, 11) is 0. The van der Waals surface area contributed by atoms with E-state index in [4.69, 9.17) is 5.73 Å². The van der Waals surface area contributed by atoms with Crippen LogP contribution in [0.3, 0.4) is 0 Å². The summed E-state index contributed by atoms with van der Waals surface area (Å²) in [5.41, 5.74) is 4.08. The van der Waals surface area contributed by atoms with Gasteiger partial charge in [-0.2, -0.15) is 4.98 Å². The molecule has 0 aromatic carbocycles. The first-order valence-electron chi connectivity index (χ1n) is 4.37. The summed E-state index contributed by atoms with van der Waals surface area (Å²) in [5, 5.41) is 2.82. The summed E-state index contributed by atoms with van der Waals surface area (Å²) < 4.78 is 0. The average Bonchev–Trinajstić information content (AvgIpc) is 2.11. The molecule has 1 aromatic rings. The Morgan fingerprint density at radius 1 is 1.29 bits per heavy atom. The number of nitrogens with zero attached hydrogens (tertiary/aromatic N) is 1. The molecule has 0 saturated carbocycles. The second-order valence-electron chi connectivity index (χ2n) is 2.77. The minimum absolute atomic E-state index is 0.191. The first-order valence-corrected chi connectivity index (χ1v) is 4.37. The maximum Gasteiger partial charge on any atom is 0.352 e. The van der Waals surface area contributed by atoms with Crippen molar-refractivity contribution < 1.29 is 0 Å². The molecule has 0 saturated heterocycles. The smallest absolute Gasteiger partial charge is 0.352 e. The molecule has 1 heterocycles. The molecule has 78 valence electrons. The molecule has 0 radical (unpaired) electrons. The van der Waals surface area contributed by atoms with Crippen molar-refractivity contribution in [1.29, 1.82) is 0 Å². The first-order chi connectivity index (χ1) is 6.72. The van der Waals surface area contributed by atoms with Crippen LogP contribution in [0.4, 0.5) is 5.95 Å². The molecule has 0 spiro atoms. The van der Waals surface area contributed by atoms with Crippen LogP contribution < -0.4 is 22.4 Å². The number of rotatable bonds is 5. The zero-order valence-corrected chi connectivity index (χ0v) is 7.67. The van der Waals surface area contributed by atoms with Crippen LogP contribution in [0.2, 0.25) is 0 Å². The van der Waals surface area contributed by atoms with Gasteiger partial charge in [0.1, 0.15) is 0 Å². The topological polar surface area (TPSA) is 117 Å². The minimum Gasteiger partial charge on any atom is -0.356 e. The number of nitrogens with two attached hydrogens (primary N) is 1. The van der Waals surface area contributed by atoms with E-state index in [2.05, 4.69) is 15.3 Å². The van der Waals surface area contributed by atoms with Crippen LogP contribution in [0.25, 0.3) is 0 Å². The molecule has 0 fully saturated rings. The lowest BCUT2D eigenvalue weighted by atomic mass is 10.3. The van der Waals surface area contributed by atoms with Crippen LogP contribution in [-0.4, -0.2) is 28.0 Å². The van der Waals surface area contributed by atoms with E-state index >= 15 is 0 Å². The zero-order valence-electron chi connectivity index (χ0n) is 7.67. The van der Waals surface area contributed by atoms with Gasteiger partial charge in [0.25, 0.3) is 0 Å². The first kappa shape index (κ1) is 10.5. The highest BCUT2D eigenvalue weighted by Gasteiger charge is 1.95. The van der Waals surface area contributed by atoms with E-state index in [1.54, 1.807) is 0 Å². The van der Waals surface area contributed by atoms with Crippen LogP contribution in [-0.2, 0) is 0 Å². The number of aromatic amines is 2. The molecule has 5 N–H and O–H groups in total. The van der Waals surface area contributed by atoms with Gasteiger partial charge in [0.15, 0.2) is 0 Å². The van der Waals surface area contributed by atoms with Crippen molar-refractivity contribution in [2.75, 3.05) is 18.4 Å². The van der Waals surface area contributed by atoms with Crippen LogP contribution in [0.5, 0.6) is 0 Å². The summed E-state index contributed by atoms with van der Waals surface area (Å²) in [6.45, 7) is 1.25. The van der Waals surface area contributed by atoms with Gasteiger partial charge in [-0.3, -0.25) is 9.97 Å². The molecule has 14 heavy (non-hydrogen) atoms. The highest BCUT2D eigenvalue weighted by molar-refractivity contribution is 5.20. The SMILES string of the molecule is NCCCCNc1nc(=O)[nH]c(=O)[nH]1. The highest BCUT2D eigenvalue weighted by atomic mass is 16.2. The molecule has 0 bridgehead atoms. The summed E-state index contributed by atoms with van der Waals surface area (Å²) >= 11 is 0. The van der Waals surface area contributed by atoms with E-state index in [9.17, 15) is 9.59 Å². The van der Waals surface area contributed by atoms with E-state index in [1.807, 2.05) is 4.98 Å². The van der Waals surface area contributed by atoms with Crippen molar-refractivity contribution in [3.63, 3.8) is 0 Å². The highest BCUT2D eigenvalue weighted by Crippen LogP contribution is 1.90. The van der Waals surface area contributed by atoms with Gasteiger partial charge in [0.2, 0.25) is 5.95 Å². The monoisotopic (exact) mass is 199 g/mol. The van der Waals surface area contributed by atoms with Gasteiger partial charge in [0, 0.05) is 6.54 Å². The standard InChI is InChI=1S/C7H13N5O2/c8-3-1-2-4-9-5-10-6(13)12-7(14)11-5/h1-4,8H2,(H3,9,10,11,12,13,14). The predicted molar refractivity (Wildman–Crippen MR) is 52.3 cm³/mol. The summed E-state index contributed by atoms with van der Waals surface area (Å²) in [6, 6.07) is 0. The Hall–Kier alpha value is -1.63. The third-order valence-electron chi connectivity index (χ3n) is 1.59. The molecule has 0 aliphatic rings. The fourth-order valence-corrected chi connectivity index (χ4v) is 0.953. The Labute approximate surface area is 79.8 Å². The number of H-pyrrole nitrogens is 2. The zero-order chi connectivity index (χ0) is 10.4. The van der Waals surface area contributed by atoms with Crippen molar-refractivity contribution in [2.24, 2.45) is 5.73 Å². The molecule has 1 aromatic heterocycles. The second kappa shape index (κ2) is 5.18. The molecule has 1 rings (SSSR count). The van der Waals surface area contributed by atoms with Gasteiger partial charge in [-0.25, -0.2) is 9.59 Å². The molecule has 0 unspecified atom stereocenters. The Morgan fingerprint density at radius 2 is 2.07 bits per heavy atom. The van der Waals surface area contributed by atoms with Crippen LogP contribution in [0.15, 0.2) is 9.59 Å². The van der Waals surface area contributed by atoms with Crippen LogP contribution in [0, 0.1) is 0 Å². The molecular formula is C7H13N5O2. The third kappa shape index (κ3) is 3.40. The Morgan fingerprint density at radius 3 is 2.71 bits per heavy atom. The Kier molecular flexibility index (Phi) is 3.86. The van der Waals surface area contributed by atoms with Crippen LogP contribution in [0.1, 0.15) is 12.8 Å². The molecule has 0 aliphatic heterocycles. The minimum atomic E-state index is -0.657. The fourth-order valence-electron chi connectivity index (χ4n) is 0.953. The quantitative estimate of drug-likeness (QED) is 0.435. The Bertz CT molecular complexity index is 354. The van der Waals surface area contributed by atoms with Gasteiger partial charge < -0.3 is 11.1 Å². The third-order valence-corrected chi connectivity index (χ3v) is 1.59. The maximum atomic E-state index is 10.8. The largest absolute Gasteiger partial charge is 0.356 e. The molecule has 0 amide bonds. The van der Waals surface area contributed by atoms with Crippen molar-refractivity contribution in [3.05, 3.63) is 21.0 Å². The van der Waals surface area contributed by atoms with E-state index in [0.29, 0.717) is 13.1 Å². The van der Waals surface area contributed by atoms with Gasteiger partial charge in [-0.1, -0.05) is 0 Å². The fraction of sp³-hybridized carbons (Fsp3) is 0.571. The predicted octanol–water partition coefficient (Wildman–Crippen LogP) is -1.39. The van der Waals surface area contributed by atoms with Gasteiger partial charge >= 0.3 is 11.4 Å². The normalized spacial score (nSPS) is 10.1. The molecule has 7 heteroatoms. The van der Waals surface area contributed by atoms with E-state index < -0.39 is 11.4 Å². The van der Waals surface area contributed by atoms with E-state index in [0.717, 1.165) is 12.8 Å². The summed E-state index contributed by atoms with van der Waals surface area (Å²) in [5.74, 6) is 0.191. The van der Waals surface area contributed by atoms with Crippen molar-refractivity contribution in [3.8, 4) is 0 Å². The van der Waals surface area contributed by atoms with Crippen molar-refractivity contribution in [1.82, 2.24) is 15.0 Å². The Balaban J connectivity index is 2.51. The van der Waals surface area contributed by atoms with Crippen LogP contribution >= 0.6 is 0 Å².